The van der Waals surface area contributed by atoms with Gasteiger partial charge < -0.3 is 14.2 Å². The highest BCUT2D eigenvalue weighted by Crippen LogP contribution is 2.46. The van der Waals surface area contributed by atoms with Crippen LogP contribution in [0.3, 0.4) is 0 Å². The van der Waals surface area contributed by atoms with Gasteiger partial charge >= 0.3 is 0 Å². The number of sulfone groups is 1. The molecule has 4 heterocycles. The van der Waals surface area contributed by atoms with E-state index in [1.54, 1.807) is 6.07 Å². The van der Waals surface area contributed by atoms with Crippen LogP contribution in [0.15, 0.2) is 47.4 Å². The largest absolute Gasteiger partial charge is 0.495 e. The summed E-state index contributed by atoms with van der Waals surface area (Å²) in [6, 6.07) is 13.9. The molecule has 1 aromatic heterocycles. The molecule has 39 heavy (non-hydrogen) atoms. The fourth-order valence-corrected chi connectivity index (χ4v) is 7.94. The molecule has 1 saturated carbocycles. The van der Waals surface area contributed by atoms with Crippen LogP contribution in [0.5, 0.6) is 5.75 Å². The predicted molar refractivity (Wildman–Crippen MR) is 146 cm³/mol. The Balaban J connectivity index is 1.29. The summed E-state index contributed by atoms with van der Waals surface area (Å²) in [4.78, 5) is 5.01. The van der Waals surface area contributed by atoms with Crippen LogP contribution >= 0.6 is 0 Å². The topological polar surface area (TPSA) is 86.1 Å². The normalized spacial score (nSPS) is 21.9. The number of benzene rings is 2. The predicted octanol–water partition coefficient (Wildman–Crippen LogP) is 3.03. The maximum Gasteiger partial charge on any atom is 0.187 e. The van der Waals surface area contributed by atoms with E-state index in [0.29, 0.717) is 24.5 Å². The number of hydrogen-bond acceptors (Lipinski definition) is 8. The first-order valence-electron chi connectivity index (χ1n) is 13.7. The van der Waals surface area contributed by atoms with E-state index in [9.17, 15) is 8.42 Å². The fraction of sp³-hybridized carbons (Fsp3) is 0.483. The highest BCUT2D eigenvalue weighted by atomic mass is 32.2. The molecule has 0 radical (unpaired) electrons. The van der Waals surface area contributed by atoms with Crippen LogP contribution in [0.2, 0.25) is 0 Å². The van der Waals surface area contributed by atoms with Crippen molar-refractivity contribution in [2.45, 2.75) is 42.2 Å². The van der Waals surface area contributed by atoms with Crippen molar-refractivity contribution in [1.82, 2.24) is 19.6 Å². The molecule has 7 rings (SSSR count). The molecule has 3 aromatic rings. The molecule has 0 unspecified atom stereocenters. The summed E-state index contributed by atoms with van der Waals surface area (Å²) in [6.45, 7) is 7.28. The van der Waals surface area contributed by atoms with Gasteiger partial charge in [0.15, 0.2) is 9.84 Å². The Morgan fingerprint density at radius 1 is 0.974 bits per heavy atom. The quantitative estimate of drug-likeness (QED) is 0.463. The average molecular weight is 551 g/mol. The van der Waals surface area contributed by atoms with E-state index in [-0.39, 0.29) is 16.2 Å². The number of morpholine rings is 2. The zero-order valence-electron chi connectivity index (χ0n) is 22.3. The minimum atomic E-state index is -3.60. The number of ether oxygens (including phenoxy) is 3. The van der Waals surface area contributed by atoms with Crippen molar-refractivity contribution in [1.29, 1.82) is 0 Å². The van der Waals surface area contributed by atoms with Crippen LogP contribution in [0.4, 0.5) is 0 Å². The van der Waals surface area contributed by atoms with E-state index in [1.807, 2.05) is 16.8 Å². The van der Waals surface area contributed by atoms with Crippen molar-refractivity contribution < 1.29 is 22.6 Å². The lowest BCUT2D eigenvalue weighted by molar-refractivity contribution is -0.0490. The molecule has 3 aliphatic heterocycles. The molecule has 0 bridgehead atoms. The van der Waals surface area contributed by atoms with Crippen LogP contribution in [-0.4, -0.2) is 86.7 Å². The highest BCUT2D eigenvalue weighted by Gasteiger charge is 2.47. The fourth-order valence-electron chi connectivity index (χ4n) is 6.16. The summed E-state index contributed by atoms with van der Waals surface area (Å²) in [5.74, 6) is 0.285. The second kappa shape index (κ2) is 9.71. The Labute approximate surface area is 229 Å². The summed E-state index contributed by atoms with van der Waals surface area (Å²) in [5, 5.41) is 5.09. The van der Waals surface area contributed by atoms with Crippen LogP contribution < -0.4 is 4.74 Å². The van der Waals surface area contributed by atoms with Crippen LogP contribution in [0.1, 0.15) is 29.7 Å². The van der Waals surface area contributed by atoms with Crippen molar-refractivity contribution in [2.75, 3.05) is 53.1 Å². The molecule has 10 heteroatoms. The Kier molecular flexibility index (Phi) is 6.28. The number of fused-ring (bicyclic) bond motifs is 3. The van der Waals surface area contributed by atoms with E-state index < -0.39 is 9.84 Å². The number of methoxy groups -OCH3 is 1. The lowest BCUT2D eigenvalue weighted by Crippen LogP contribution is -2.43. The summed E-state index contributed by atoms with van der Waals surface area (Å²) in [6.07, 6.45) is 2.18. The molecular weight excluding hydrogens is 516 g/mol. The first-order valence-corrected chi connectivity index (χ1v) is 15.4. The summed E-state index contributed by atoms with van der Waals surface area (Å²) >= 11 is 0. The Bertz CT molecular complexity index is 1490. The van der Waals surface area contributed by atoms with Gasteiger partial charge in [-0.2, -0.15) is 5.10 Å². The summed E-state index contributed by atoms with van der Waals surface area (Å²) < 4.78 is 46.1. The first kappa shape index (κ1) is 25.2. The Morgan fingerprint density at radius 2 is 1.74 bits per heavy atom. The third-order valence-electron chi connectivity index (χ3n) is 8.37. The highest BCUT2D eigenvalue weighted by molar-refractivity contribution is 7.91. The van der Waals surface area contributed by atoms with Gasteiger partial charge in [0, 0.05) is 50.4 Å². The third-order valence-corrected chi connectivity index (χ3v) is 10.1. The SMILES string of the molecule is COc1cccc2c1S(=O)(=O)Cc1c(CN3CCOC4(CC4)C3)nn(-c3ccc(CN4CCOCC4)cc3)c1-2. The van der Waals surface area contributed by atoms with Crippen molar-refractivity contribution in [2.24, 2.45) is 0 Å². The molecule has 0 amide bonds. The monoisotopic (exact) mass is 550 g/mol. The second-order valence-electron chi connectivity index (χ2n) is 11.1. The van der Waals surface area contributed by atoms with Crippen LogP contribution in [-0.2, 0) is 38.2 Å². The van der Waals surface area contributed by atoms with Crippen LogP contribution in [0, 0.1) is 0 Å². The summed E-state index contributed by atoms with van der Waals surface area (Å²) in [5.41, 5.74) is 5.22. The van der Waals surface area contributed by atoms with E-state index in [2.05, 4.69) is 34.1 Å². The first-order chi connectivity index (χ1) is 18.9. The van der Waals surface area contributed by atoms with Gasteiger partial charge in [-0.1, -0.05) is 24.3 Å². The summed E-state index contributed by atoms with van der Waals surface area (Å²) in [7, 11) is -2.08. The molecule has 4 aliphatic rings. The van der Waals surface area contributed by atoms with Gasteiger partial charge in [0.2, 0.25) is 0 Å². The van der Waals surface area contributed by atoms with Gasteiger partial charge in [0.1, 0.15) is 10.6 Å². The molecule has 3 fully saturated rings. The van der Waals surface area contributed by atoms with E-state index in [1.165, 1.54) is 12.7 Å². The Hall–Kier alpha value is -2.76. The molecule has 206 valence electrons. The number of aromatic nitrogens is 2. The molecule has 9 nitrogen and oxygen atoms in total. The van der Waals surface area contributed by atoms with Gasteiger partial charge in [-0.3, -0.25) is 9.80 Å². The average Bonchev–Trinajstić information content (AvgIpc) is 3.59. The van der Waals surface area contributed by atoms with Gasteiger partial charge in [-0.15, -0.1) is 0 Å². The van der Waals surface area contributed by atoms with Gasteiger partial charge in [-0.25, -0.2) is 13.1 Å². The molecule has 0 N–H and O–H groups in total. The number of hydrogen-bond donors (Lipinski definition) is 0. The van der Waals surface area contributed by atoms with Crippen molar-refractivity contribution in [3.63, 3.8) is 0 Å². The number of rotatable bonds is 6. The standard InChI is InChI=1S/C29H34N4O5S/c1-36-26-4-2-3-23-27-24(19-39(34,35)28(23)26)25(18-32-13-16-38-29(20-32)9-10-29)30-33(27)22-7-5-21(6-8-22)17-31-11-14-37-15-12-31/h2-8H,9-20H2,1H3. The molecular formula is C29H34N4O5S. The zero-order valence-corrected chi connectivity index (χ0v) is 23.1. The second-order valence-corrected chi connectivity index (χ2v) is 13.0. The van der Waals surface area contributed by atoms with Crippen molar-refractivity contribution in [3.8, 4) is 22.7 Å². The molecule has 1 spiro atoms. The third kappa shape index (κ3) is 4.68. The minimum absolute atomic E-state index is 0.0107. The van der Waals surface area contributed by atoms with Gasteiger partial charge in [-0.05, 0) is 36.6 Å². The molecule has 2 aromatic carbocycles. The Morgan fingerprint density at radius 3 is 2.49 bits per heavy atom. The lowest BCUT2D eigenvalue weighted by atomic mass is 10.0. The lowest BCUT2D eigenvalue weighted by Gasteiger charge is -2.33. The zero-order chi connectivity index (χ0) is 26.6. The van der Waals surface area contributed by atoms with E-state index in [4.69, 9.17) is 19.3 Å². The maximum atomic E-state index is 13.6. The smallest absolute Gasteiger partial charge is 0.187 e. The van der Waals surface area contributed by atoms with E-state index >= 15 is 0 Å². The number of nitrogens with zero attached hydrogens (tertiary/aromatic N) is 4. The molecule has 2 saturated heterocycles. The van der Waals surface area contributed by atoms with E-state index in [0.717, 1.165) is 81.4 Å². The molecule has 1 aliphatic carbocycles. The van der Waals surface area contributed by atoms with Gasteiger partial charge in [0.25, 0.3) is 0 Å². The van der Waals surface area contributed by atoms with Crippen LogP contribution in [0.25, 0.3) is 16.9 Å². The van der Waals surface area contributed by atoms with Gasteiger partial charge in [0.05, 0.1) is 55.4 Å². The maximum absolute atomic E-state index is 13.6. The van der Waals surface area contributed by atoms with Crippen molar-refractivity contribution in [3.05, 3.63) is 59.3 Å². The van der Waals surface area contributed by atoms with Crippen molar-refractivity contribution >= 4 is 9.84 Å². The molecule has 0 atom stereocenters. The minimum Gasteiger partial charge on any atom is -0.495 e.